The van der Waals surface area contributed by atoms with Gasteiger partial charge >= 0.3 is 0 Å². The zero-order valence-corrected chi connectivity index (χ0v) is 17.7. The minimum absolute atomic E-state index is 0.0777. The van der Waals surface area contributed by atoms with E-state index in [2.05, 4.69) is 25.2 Å². The lowest BCUT2D eigenvalue weighted by atomic mass is 9.96. The maximum absolute atomic E-state index is 13.2. The highest BCUT2D eigenvalue weighted by Gasteiger charge is 2.19. The minimum atomic E-state index is -0.365. The summed E-state index contributed by atoms with van der Waals surface area (Å²) in [5, 5.41) is 3.47. The van der Waals surface area contributed by atoms with E-state index in [0.29, 0.717) is 17.1 Å². The summed E-state index contributed by atoms with van der Waals surface area (Å²) in [6.45, 7) is 4.11. The highest BCUT2D eigenvalue weighted by atomic mass is 19.1. The lowest BCUT2D eigenvalue weighted by molar-refractivity contribution is 0.0976. The highest BCUT2D eigenvalue weighted by Crippen LogP contribution is 2.33. The van der Waals surface area contributed by atoms with Crippen molar-refractivity contribution in [2.75, 3.05) is 19.5 Å². The van der Waals surface area contributed by atoms with Gasteiger partial charge in [0, 0.05) is 17.7 Å². The number of carbonyl (C=O) groups is 1. The number of hydrogen-bond acceptors (Lipinski definition) is 4. The largest absolute Gasteiger partial charge is 0.493 e. The van der Waals surface area contributed by atoms with Crippen LogP contribution in [0.3, 0.4) is 0 Å². The second-order valence-electron chi connectivity index (χ2n) is 7.24. The van der Waals surface area contributed by atoms with E-state index in [0.717, 1.165) is 16.8 Å². The first kappa shape index (κ1) is 21.4. The van der Waals surface area contributed by atoms with Crippen molar-refractivity contribution in [3.05, 3.63) is 88.7 Å². The Labute approximate surface area is 176 Å². The van der Waals surface area contributed by atoms with Crippen LogP contribution >= 0.6 is 0 Å². The number of Topliss-reactive ketones (excluding diaryl/α,β-unsaturated/α-hetero) is 1. The smallest absolute Gasteiger partial charge is 0.165 e. The van der Waals surface area contributed by atoms with Crippen molar-refractivity contribution >= 4 is 11.5 Å². The molecule has 3 rings (SSSR count). The van der Waals surface area contributed by atoms with Crippen molar-refractivity contribution < 1.29 is 18.7 Å². The predicted octanol–water partition coefficient (Wildman–Crippen LogP) is 5.89. The van der Waals surface area contributed by atoms with Crippen LogP contribution in [0.25, 0.3) is 0 Å². The quantitative estimate of drug-likeness (QED) is 0.473. The van der Waals surface area contributed by atoms with Crippen LogP contribution in [0.2, 0.25) is 0 Å². The second kappa shape index (κ2) is 9.44. The number of benzene rings is 3. The molecule has 0 spiro atoms. The summed E-state index contributed by atoms with van der Waals surface area (Å²) in [6.07, 6.45) is 0.202. The zero-order valence-electron chi connectivity index (χ0n) is 17.7. The molecule has 5 heteroatoms. The third-order valence-electron chi connectivity index (χ3n) is 5.21. The molecule has 0 aliphatic heterocycles. The first-order valence-corrected chi connectivity index (χ1v) is 9.75. The van der Waals surface area contributed by atoms with E-state index < -0.39 is 0 Å². The maximum Gasteiger partial charge on any atom is 0.165 e. The van der Waals surface area contributed by atoms with Crippen molar-refractivity contribution in [2.45, 2.75) is 26.3 Å². The Bertz CT molecular complexity index is 1030. The van der Waals surface area contributed by atoms with Crippen molar-refractivity contribution in [2.24, 2.45) is 0 Å². The van der Waals surface area contributed by atoms with Crippen LogP contribution in [-0.2, 0) is 0 Å². The van der Waals surface area contributed by atoms with Gasteiger partial charge in [0.15, 0.2) is 17.3 Å². The van der Waals surface area contributed by atoms with Gasteiger partial charge in [-0.1, -0.05) is 12.1 Å². The van der Waals surface area contributed by atoms with Gasteiger partial charge < -0.3 is 14.8 Å². The Balaban J connectivity index is 1.94. The summed E-state index contributed by atoms with van der Waals surface area (Å²) in [7, 11) is 3.16. The van der Waals surface area contributed by atoms with E-state index >= 15 is 0 Å². The number of hydrogen-bond donors (Lipinski definition) is 1. The van der Waals surface area contributed by atoms with E-state index in [-0.39, 0.29) is 24.1 Å². The van der Waals surface area contributed by atoms with Crippen LogP contribution in [0.1, 0.15) is 39.5 Å². The van der Waals surface area contributed by atoms with Crippen LogP contribution in [-0.4, -0.2) is 20.0 Å². The molecule has 0 amide bonds. The third kappa shape index (κ3) is 4.98. The first-order chi connectivity index (χ1) is 14.4. The van der Waals surface area contributed by atoms with Gasteiger partial charge in [-0.15, -0.1) is 0 Å². The molecule has 30 heavy (non-hydrogen) atoms. The number of carbonyl (C=O) groups excluding carboxylic acids is 1. The molecule has 3 aromatic carbocycles. The summed E-state index contributed by atoms with van der Waals surface area (Å²) in [6, 6.07) is 17.0. The average Bonchev–Trinajstić information content (AvgIpc) is 2.75. The fraction of sp³-hybridized carbons (Fsp3) is 0.240. The molecule has 0 aromatic heterocycles. The minimum Gasteiger partial charge on any atom is -0.493 e. The third-order valence-corrected chi connectivity index (χ3v) is 5.21. The van der Waals surface area contributed by atoms with Gasteiger partial charge in [0.05, 0.1) is 20.3 Å². The second-order valence-corrected chi connectivity index (χ2v) is 7.24. The molecule has 0 fully saturated rings. The summed E-state index contributed by atoms with van der Waals surface area (Å²) < 4.78 is 24.0. The Hall–Kier alpha value is -3.34. The molecule has 3 aromatic rings. The Morgan fingerprint density at radius 1 is 0.900 bits per heavy atom. The molecule has 4 nitrogen and oxygen atoms in total. The van der Waals surface area contributed by atoms with E-state index in [1.165, 1.54) is 29.8 Å². The summed E-state index contributed by atoms with van der Waals surface area (Å²) >= 11 is 0. The van der Waals surface area contributed by atoms with Crippen molar-refractivity contribution in [1.29, 1.82) is 0 Å². The van der Waals surface area contributed by atoms with E-state index in [4.69, 9.17) is 9.47 Å². The van der Waals surface area contributed by atoms with Gasteiger partial charge in [0.2, 0.25) is 0 Å². The van der Waals surface area contributed by atoms with E-state index in [1.54, 1.807) is 14.2 Å². The topological polar surface area (TPSA) is 47.6 Å². The number of methoxy groups -OCH3 is 2. The molecule has 1 N–H and O–H groups in total. The van der Waals surface area contributed by atoms with Crippen LogP contribution in [0.15, 0.2) is 60.7 Å². The summed E-state index contributed by atoms with van der Waals surface area (Å²) in [5.74, 6) is 0.773. The number of ketones is 1. The number of halogens is 1. The molecule has 0 aliphatic carbocycles. The molecule has 0 saturated carbocycles. The number of aryl methyl sites for hydroxylation is 2. The molecule has 0 radical (unpaired) electrons. The number of rotatable bonds is 8. The standard InChI is InChI=1S/C25H26FNO3/c1-16-5-11-21(13-17(16)2)27-22(15-23(28)18-6-9-20(26)10-7-18)19-8-12-24(29-3)25(14-19)30-4/h5-14,22,27H,15H2,1-4H3. The van der Waals surface area contributed by atoms with E-state index in [1.807, 2.05) is 30.3 Å². The van der Waals surface area contributed by atoms with Gasteiger partial charge in [0.1, 0.15) is 5.82 Å². The maximum atomic E-state index is 13.2. The van der Waals surface area contributed by atoms with Crippen LogP contribution in [0.5, 0.6) is 11.5 Å². The molecular formula is C25H26FNO3. The van der Waals surface area contributed by atoms with Crippen LogP contribution < -0.4 is 14.8 Å². The van der Waals surface area contributed by atoms with E-state index in [9.17, 15) is 9.18 Å². The predicted molar refractivity (Wildman–Crippen MR) is 117 cm³/mol. The fourth-order valence-electron chi connectivity index (χ4n) is 3.29. The van der Waals surface area contributed by atoms with Gasteiger partial charge in [0.25, 0.3) is 0 Å². The summed E-state index contributed by atoms with van der Waals surface area (Å²) in [4.78, 5) is 12.9. The SMILES string of the molecule is COc1ccc(C(CC(=O)c2ccc(F)cc2)Nc2ccc(C)c(C)c2)cc1OC. The van der Waals surface area contributed by atoms with Gasteiger partial charge in [-0.2, -0.15) is 0 Å². The van der Waals surface area contributed by atoms with Gasteiger partial charge in [-0.25, -0.2) is 4.39 Å². The number of ether oxygens (including phenoxy) is 2. The Morgan fingerprint density at radius 2 is 1.60 bits per heavy atom. The number of anilines is 1. The molecule has 156 valence electrons. The Kier molecular flexibility index (Phi) is 6.72. The van der Waals surface area contributed by atoms with Crippen LogP contribution in [0, 0.1) is 19.7 Å². The molecule has 0 saturated heterocycles. The normalized spacial score (nSPS) is 11.6. The van der Waals surface area contributed by atoms with Gasteiger partial charge in [-0.3, -0.25) is 4.79 Å². The summed E-state index contributed by atoms with van der Waals surface area (Å²) in [5.41, 5.74) is 4.65. The van der Waals surface area contributed by atoms with Crippen molar-refractivity contribution in [1.82, 2.24) is 0 Å². The fourth-order valence-corrected chi connectivity index (χ4v) is 3.29. The highest BCUT2D eigenvalue weighted by molar-refractivity contribution is 5.96. The molecule has 1 unspecified atom stereocenters. The lowest BCUT2D eigenvalue weighted by Crippen LogP contribution is -2.16. The lowest BCUT2D eigenvalue weighted by Gasteiger charge is -2.22. The average molecular weight is 407 g/mol. The van der Waals surface area contributed by atoms with Crippen molar-refractivity contribution in [3.8, 4) is 11.5 Å². The first-order valence-electron chi connectivity index (χ1n) is 9.75. The van der Waals surface area contributed by atoms with Crippen molar-refractivity contribution in [3.63, 3.8) is 0 Å². The molecule has 0 heterocycles. The monoisotopic (exact) mass is 407 g/mol. The Morgan fingerprint density at radius 3 is 2.23 bits per heavy atom. The molecular weight excluding hydrogens is 381 g/mol. The van der Waals surface area contributed by atoms with Crippen LogP contribution in [0.4, 0.5) is 10.1 Å². The molecule has 0 bridgehead atoms. The number of nitrogens with one attached hydrogen (secondary N) is 1. The zero-order chi connectivity index (χ0) is 21.7. The van der Waals surface area contributed by atoms with Gasteiger partial charge in [-0.05, 0) is 79.1 Å². The molecule has 1 atom stereocenters. The molecule has 0 aliphatic rings.